The van der Waals surface area contributed by atoms with Gasteiger partial charge in [0, 0.05) is 24.4 Å². The fourth-order valence-electron chi connectivity index (χ4n) is 2.88. The number of hydrogen-bond acceptors (Lipinski definition) is 4. The van der Waals surface area contributed by atoms with E-state index in [-0.39, 0.29) is 29.4 Å². The first-order chi connectivity index (χ1) is 10.6. The summed E-state index contributed by atoms with van der Waals surface area (Å²) in [5.41, 5.74) is 0.200. The number of aryl methyl sites for hydroxylation is 2. The molecule has 8 heteroatoms. The first-order valence-corrected chi connectivity index (χ1v) is 8.11. The van der Waals surface area contributed by atoms with E-state index < -0.39 is 0 Å². The van der Waals surface area contributed by atoms with E-state index >= 15 is 0 Å². The SMILES string of the molecule is CCNC(=NCC1(C)COC1)NC1CCc2nc(C)nn2C1.I. The molecule has 2 aliphatic rings. The van der Waals surface area contributed by atoms with Crippen molar-refractivity contribution >= 4 is 29.9 Å². The van der Waals surface area contributed by atoms with Crippen LogP contribution < -0.4 is 10.6 Å². The van der Waals surface area contributed by atoms with Crippen molar-refractivity contribution in [3.05, 3.63) is 11.6 Å². The van der Waals surface area contributed by atoms with E-state index in [0.717, 1.165) is 63.3 Å². The molecule has 1 atom stereocenters. The van der Waals surface area contributed by atoms with E-state index in [1.165, 1.54) is 0 Å². The highest BCUT2D eigenvalue weighted by Crippen LogP contribution is 2.26. The van der Waals surface area contributed by atoms with Gasteiger partial charge in [0.05, 0.1) is 26.3 Å². The maximum Gasteiger partial charge on any atom is 0.191 e. The van der Waals surface area contributed by atoms with Gasteiger partial charge >= 0.3 is 0 Å². The lowest BCUT2D eigenvalue weighted by Gasteiger charge is -2.36. The third-order valence-electron chi connectivity index (χ3n) is 4.17. The molecule has 2 aliphatic heterocycles. The van der Waals surface area contributed by atoms with E-state index in [4.69, 9.17) is 9.73 Å². The smallest absolute Gasteiger partial charge is 0.191 e. The van der Waals surface area contributed by atoms with Crippen LogP contribution in [0.1, 0.15) is 31.9 Å². The summed E-state index contributed by atoms with van der Waals surface area (Å²) in [5.74, 6) is 2.84. The second-order valence-corrected chi connectivity index (χ2v) is 6.64. The summed E-state index contributed by atoms with van der Waals surface area (Å²) < 4.78 is 7.31. The number of halogens is 1. The van der Waals surface area contributed by atoms with Gasteiger partial charge in [-0.3, -0.25) is 4.99 Å². The molecule has 0 saturated carbocycles. The molecule has 0 radical (unpaired) electrons. The lowest BCUT2D eigenvalue weighted by Crippen LogP contribution is -2.48. The van der Waals surface area contributed by atoms with Crippen LogP contribution >= 0.6 is 24.0 Å². The molecule has 23 heavy (non-hydrogen) atoms. The Morgan fingerprint density at radius 3 is 2.91 bits per heavy atom. The molecule has 1 aromatic rings. The van der Waals surface area contributed by atoms with Crippen molar-refractivity contribution in [3.63, 3.8) is 0 Å². The number of guanidine groups is 1. The van der Waals surface area contributed by atoms with Crippen LogP contribution in [0.5, 0.6) is 0 Å². The molecule has 7 nitrogen and oxygen atoms in total. The van der Waals surface area contributed by atoms with Crippen LogP contribution in [0, 0.1) is 12.3 Å². The molecular formula is C15H27IN6O. The summed E-state index contributed by atoms with van der Waals surface area (Å²) in [5, 5.41) is 11.3. The Hall–Kier alpha value is -0.900. The Labute approximate surface area is 154 Å². The number of ether oxygens (including phenoxy) is 1. The highest BCUT2D eigenvalue weighted by atomic mass is 127. The van der Waals surface area contributed by atoms with Crippen molar-refractivity contribution in [1.29, 1.82) is 0 Å². The number of aromatic nitrogens is 3. The predicted molar refractivity (Wildman–Crippen MR) is 100 cm³/mol. The molecule has 1 unspecified atom stereocenters. The van der Waals surface area contributed by atoms with E-state index in [0.29, 0.717) is 6.04 Å². The first-order valence-electron chi connectivity index (χ1n) is 8.11. The van der Waals surface area contributed by atoms with Gasteiger partial charge < -0.3 is 15.4 Å². The lowest BCUT2D eigenvalue weighted by molar-refractivity contribution is -0.0945. The van der Waals surface area contributed by atoms with E-state index in [2.05, 4.69) is 34.6 Å². The zero-order valence-electron chi connectivity index (χ0n) is 14.1. The molecular weight excluding hydrogens is 407 g/mol. The number of hydrogen-bond donors (Lipinski definition) is 2. The maximum atomic E-state index is 5.29. The molecule has 1 aromatic heterocycles. The van der Waals surface area contributed by atoms with Crippen LogP contribution in [0.2, 0.25) is 0 Å². The zero-order chi connectivity index (χ0) is 15.6. The van der Waals surface area contributed by atoms with Crippen molar-refractivity contribution < 1.29 is 4.74 Å². The Morgan fingerprint density at radius 2 is 2.26 bits per heavy atom. The molecule has 3 rings (SSSR count). The molecule has 1 fully saturated rings. The molecule has 3 heterocycles. The van der Waals surface area contributed by atoms with E-state index in [1.54, 1.807) is 0 Å². The molecule has 0 bridgehead atoms. The van der Waals surface area contributed by atoms with Crippen LogP contribution in [-0.4, -0.2) is 53.1 Å². The van der Waals surface area contributed by atoms with Crippen molar-refractivity contribution in [2.24, 2.45) is 10.4 Å². The zero-order valence-corrected chi connectivity index (χ0v) is 16.5. The summed E-state index contributed by atoms with van der Waals surface area (Å²) in [6.07, 6.45) is 2.02. The fraction of sp³-hybridized carbons (Fsp3) is 0.800. The number of nitrogens with one attached hydrogen (secondary N) is 2. The predicted octanol–water partition coefficient (Wildman–Crippen LogP) is 1.11. The third-order valence-corrected chi connectivity index (χ3v) is 4.17. The Bertz CT molecular complexity index is 554. The van der Waals surface area contributed by atoms with Gasteiger partial charge in [-0.25, -0.2) is 9.67 Å². The standard InChI is InChI=1S/C15H26N6O.HI/c1-4-16-14(17-8-15(3)9-22-10-15)19-12-5-6-13-18-11(2)20-21(13)7-12;/h12H,4-10H2,1-3H3,(H2,16,17,19);1H. The Balaban J connectivity index is 0.00000192. The van der Waals surface area contributed by atoms with Crippen LogP contribution in [0.15, 0.2) is 4.99 Å². The third kappa shape index (κ3) is 4.56. The summed E-state index contributed by atoms with van der Waals surface area (Å²) in [7, 11) is 0. The molecule has 0 aromatic carbocycles. The summed E-state index contributed by atoms with van der Waals surface area (Å²) >= 11 is 0. The number of nitrogens with zero attached hydrogens (tertiary/aromatic N) is 4. The topological polar surface area (TPSA) is 76.4 Å². The Morgan fingerprint density at radius 1 is 1.48 bits per heavy atom. The summed E-state index contributed by atoms with van der Waals surface area (Å²) in [6, 6.07) is 0.344. The van der Waals surface area contributed by atoms with Gasteiger partial charge in [-0.15, -0.1) is 24.0 Å². The van der Waals surface area contributed by atoms with E-state index in [9.17, 15) is 0 Å². The van der Waals surface area contributed by atoms with Crippen molar-refractivity contribution in [3.8, 4) is 0 Å². The minimum Gasteiger partial charge on any atom is -0.380 e. The van der Waals surface area contributed by atoms with E-state index in [1.807, 2.05) is 11.6 Å². The van der Waals surface area contributed by atoms with Crippen LogP contribution in [-0.2, 0) is 17.7 Å². The van der Waals surface area contributed by atoms with Crippen molar-refractivity contribution in [2.45, 2.75) is 46.2 Å². The van der Waals surface area contributed by atoms with Crippen LogP contribution in [0.25, 0.3) is 0 Å². The molecule has 2 N–H and O–H groups in total. The minimum atomic E-state index is 0. The largest absolute Gasteiger partial charge is 0.380 e. The normalized spacial score (nSPS) is 22.6. The second kappa shape index (κ2) is 7.78. The molecule has 0 amide bonds. The highest BCUT2D eigenvalue weighted by molar-refractivity contribution is 14.0. The van der Waals surface area contributed by atoms with Crippen LogP contribution in [0.4, 0.5) is 0 Å². The van der Waals surface area contributed by atoms with Gasteiger partial charge in [-0.1, -0.05) is 6.92 Å². The average Bonchev–Trinajstić information content (AvgIpc) is 2.82. The molecule has 0 spiro atoms. The summed E-state index contributed by atoms with van der Waals surface area (Å²) in [6.45, 7) is 10.4. The van der Waals surface area contributed by atoms with Gasteiger partial charge in [0.25, 0.3) is 0 Å². The first kappa shape index (κ1) is 18.4. The summed E-state index contributed by atoms with van der Waals surface area (Å²) in [4.78, 5) is 9.18. The van der Waals surface area contributed by atoms with Gasteiger partial charge in [-0.2, -0.15) is 5.10 Å². The second-order valence-electron chi connectivity index (χ2n) is 6.64. The monoisotopic (exact) mass is 434 g/mol. The van der Waals surface area contributed by atoms with Crippen molar-refractivity contribution in [2.75, 3.05) is 26.3 Å². The average molecular weight is 434 g/mol. The molecule has 1 saturated heterocycles. The van der Waals surface area contributed by atoms with Crippen LogP contribution in [0.3, 0.4) is 0 Å². The van der Waals surface area contributed by atoms with Gasteiger partial charge in [0.2, 0.25) is 0 Å². The quantitative estimate of drug-likeness (QED) is 0.422. The highest BCUT2D eigenvalue weighted by Gasteiger charge is 2.33. The number of fused-ring (bicyclic) bond motifs is 1. The number of rotatable bonds is 4. The fourth-order valence-corrected chi connectivity index (χ4v) is 2.88. The van der Waals surface area contributed by atoms with Gasteiger partial charge in [0.1, 0.15) is 11.6 Å². The van der Waals surface area contributed by atoms with Gasteiger partial charge in [-0.05, 0) is 20.3 Å². The van der Waals surface area contributed by atoms with Crippen molar-refractivity contribution in [1.82, 2.24) is 25.4 Å². The number of aliphatic imine (C=N–C) groups is 1. The minimum absolute atomic E-state index is 0. The molecule has 0 aliphatic carbocycles. The Kier molecular flexibility index (Phi) is 6.24. The maximum absolute atomic E-state index is 5.29. The lowest BCUT2D eigenvalue weighted by atomic mass is 9.89. The van der Waals surface area contributed by atoms with Gasteiger partial charge in [0.15, 0.2) is 5.96 Å². The molecule has 130 valence electrons.